The predicted octanol–water partition coefficient (Wildman–Crippen LogP) is 3.26. The van der Waals surface area contributed by atoms with Crippen LogP contribution in [0.4, 0.5) is 11.4 Å². The van der Waals surface area contributed by atoms with Gasteiger partial charge in [0.2, 0.25) is 5.91 Å². The van der Waals surface area contributed by atoms with Crippen molar-refractivity contribution in [3.63, 3.8) is 0 Å². The summed E-state index contributed by atoms with van der Waals surface area (Å²) in [6.45, 7) is 4.47. The molecule has 0 aromatic heterocycles. The molecule has 6 heteroatoms. The number of anilines is 2. The van der Waals surface area contributed by atoms with E-state index in [4.69, 9.17) is 11.6 Å². The second kappa shape index (κ2) is 7.57. The Morgan fingerprint density at radius 2 is 1.68 bits per heavy atom. The maximum Gasteiger partial charge on any atom is 0.255 e. The Kier molecular flexibility index (Phi) is 5.24. The summed E-state index contributed by atoms with van der Waals surface area (Å²) in [7, 11) is 0. The second-order valence-electron chi connectivity index (χ2n) is 5.98. The Hall–Kier alpha value is -2.53. The Labute approximate surface area is 152 Å². The quantitative estimate of drug-likeness (QED) is 0.917. The van der Waals surface area contributed by atoms with Gasteiger partial charge in [-0.25, -0.2) is 0 Å². The first kappa shape index (κ1) is 17.3. The molecule has 2 amide bonds. The van der Waals surface area contributed by atoms with E-state index in [-0.39, 0.29) is 11.8 Å². The molecule has 0 aliphatic carbocycles. The number of carbonyl (C=O) groups excluding carboxylic acids is 2. The minimum absolute atomic E-state index is 0.102. The van der Waals surface area contributed by atoms with Gasteiger partial charge in [-0.05, 0) is 30.3 Å². The second-order valence-corrected chi connectivity index (χ2v) is 6.39. The zero-order chi connectivity index (χ0) is 17.8. The number of hydrogen-bond donors (Lipinski definition) is 1. The van der Waals surface area contributed by atoms with Crippen LogP contribution in [0.1, 0.15) is 17.3 Å². The summed E-state index contributed by atoms with van der Waals surface area (Å²) in [6.07, 6.45) is 0. The number of nitrogens with zero attached hydrogens (tertiary/aromatic N) is 2. The highest BCUT2D eigenvalue weighted by atomic mass is 35.5. The first-order chi connectivity index (χ1) is 12.0. The Balaban J connectivity index is 1.67. The monoisotopic (exact) mass is 357 g/mol. The fourth-order valence-corrected chi connectivity index (χ4v) is 3.20. The highest BCUT2D eigenvalue weighted by Gasteiger charge is 2.20. The summed E-state index contributed by atoms with van der Waals surface area (Å²) < 4.78 is 0. The molecule has 3 rings (SSSR count). The molecule has 0 saturated carbocycles. The van der Waals surface area contributed by atoms with Crippen molar-refractivity contribution in [3.8, 4) is 0 Å². The number of carbonyl (C=O) groups is 2. The third-order valence-electron chi connectivity index (χ3n) is 4.31. The van der Waals surface area contributed by atoms with Gasteiger partial charge >= 0.3 is 0 Å². The first-order valence-electron chi connectivity index (χ1n) is 8.21. The minimum atomic E-state index is -0.167. The normalized spacial score (nSPS) is 14.3. The number of nitrogens with one attached hydrogen (secondary N) is 1. The molecule has 0 unspecified atom stereocenters. The molecule has 2 aromatic carbocycles. The van der Waals surface area contributed by atoms with Gasteiger partial charge in [0.1, 0.15) is 0 Å². The molecule has 5 nitrogen and oxygen atoms in total. The largest absolute Gasteiger partial charge is 0.367 e. The number of benzene rings is 2. The van der Waals surface area contributed by atoms with E-state index >= 15 is 0 Å². The van der Waals surface area contributed by atoms with E-state index < -0.39 is 0 Å². The van der Waals surface area contributed by atoms with Crippen LogP contribution >= 0.6 is 11.6 Å². The molecule has 130 valence electrons. The van der Waals surface area contributed by atoms with Gasteiger partial charge in [-0.15, -0.1) is 0 Å². The van der Waals surface area contributed by atoms with Gasteiger partial charge in [-0.2, -0.15) is 0 Å². The van der Waals surface area contributed by atoms with E-state index in [1.165, 1.54) is 0 Å². The molecular formula is C19H20ClN3O2. The number of piperazine rings is 1. The van der Waals surface area contributed by atoms with Crippen LogP contribution in [0.5, 0.6) is 0 Å². The fraction of sp³-hybridized carbons (Fsp3) is 0.263. The maximum absolute atomic E-state index is 12.2. The number of halogens is 1. The van der Waals surface area contributed by atoms with Gasteiger partial charge in [0.05, 0.1) is 10.7 Å². The van der Waals surface area contributed by atoms with Crippen LogP contribution in [0.3, 0.4) is 0 Å². The predicted molar refractivity (Wildman–Crippen MR) is 100 cm³/mol. The lowest BCUT2D eigenvalue weighted by Crippen LogP contribution is -2.48. The fourth-order valence-electron chi connectivity index (χ4n) is 2.90. The SMILES string of the molecule is CC(=O)N1CCN(c2ccc(NC(=O)c3ccccc3)cc2Cl)CC1. The number of rotatable bonds is 3. The molecule has 0 spiro atoms. The third kappa shape index (κ3) is 4.12. The molecule has 1 fully saturated rings. The van der Waals surface area contributed by atoms with Gasteiger partial charge < -0.3 is 15.1 Å². The third-order valence-corrected chi connectivity index (χ3v) is 4.61. The lowest BCUT2D eigenvalue weighted by atomic mass is 10.2. The van der Waals surface area contributed by atoms with E-state index in [2.05, 4.69) is 10.2 Å². The van der Waals surface area contributed by atoms with E-state index in [9.17, 15) is 9.59 Å². The molecular weight excluding hydrogens is 338 g/mol. The van der Waals surface area contributed by atoms with Crippen molar-refractivity contribution in [1.29, 1.82) is 0 Å². The summed E-state index contributed by atoms with van der Waals surface area (Å²) >= 11 is 6.42. The Morgan fingerprint density at radius 3 is 2.28 bits per heavy atom. The van der Waals surface area contributed by atoms with Gasteiger partial charge in [0, 0.05) is 44.4 Å². The van der Waals surface area contributed by atoms with Crippen LogP contribution < -0.4 is 10.2 Å². The van der Waals surface area contributed by atoms with Gasteiger partial charge in [-0.1, -0.05) is 29.8 Å². The Bertz CT molecular complexity index is 771. The van der Waals surface area contributed by atoms with Crippen LogP contribution in [0.2, 0.25) is 5.02 Å². The molecule has 1 N–H and O–H groups in total. The summed E-state index contributed by atoms with van der Waals surface area (Å²) in [4.78, 5) is 27.6. The minimum Gasteiger partial charge on any atom is -0.367 e. The van der Waals surface area contributed by atoms with E-state index in [1.54, 1.807) is 25.1 Å². The van der Waals surface area contributed by atoms with Crippen molar-refractivity contribution in [2.75, 3.05) is 36.4 Å². The summed E-state index contributed by atoms with van der Waals surface area (Å²) in [5.41, 5.74) is 2.18. The van der Waals surface area contributed by atoms with Crippen molar-refractivity contribution in [2.24, 2.45) is 0 Å². The van der Waals surface area contributed by atoms with Gasteiger partial charge in [0.25, 0.3) is 5.91 Å². The van der Waals surface area contributed by atoms with Gasteiger partial charge in [0.15, 0.2) is 0 Å². The maximum atomic E-state index is 12.2. The molecule has 1 aliphatic heterocycles. The Morgan fingerprint density at radius 1 is 1.00 bits per heavy atom. The highest BCUT2D eigenvalue weighted by Crippen LogP contribution is 2.29. The number of amides is 2. The average Bonchev–Trinajstić information content (AvgIpc) is 2.62. The van der Waals surface area contributed by atoms with Crippen LogP contribution in [-0.4, -0.2) is 42.9 Å². The molecule has 2 aromatic rings. The molecule has 0 bridgehead atoms. The van der Waals surface area contributed by atoms with Crippen LogP contribution in [-0.2, 0) is 4.79 Å². The summed E-state index contributed by atoms with van der Waals surface area (Å²) in [5.74, 6) is -0.0655. The van der Waals surface area contributed by atoms with Gasteiger partial charge in [-0.3, -0.25) is 9.59 Å². The first-order valence-corrected chi connectivity index (χ1v) is 8.59. The van der Waals surface area contributed by atoms with Crippen LogP contribution in [0.15, 0.2) is 48.5 Å². The van der Waals surface area contributed by atoms with Crippen LogP contribution in [0.25, 0.3) is 0 Å². The highest BCUT2D eigenvalue weighted by molar-refractivity contribution is 6.33. The lowest BCUT2D eigenvalue weighted by Gasteiger charge is -2.36. The van der Waals surface area contributed by atoms with Crippen molar-refractivity contribution in [2.45, 2.75) is 6.92 Å². The molecule has 1 saturated heterocycles. The molecule has 1 aliphatic rings. The summed E-state index contributed by atoms with van der Waals surface area (Å²) in [6, 6.07) is 14.6. The average molecular weight is 358 g/mol. The zero-order valence-electron chi connectivity index (χ0n) is 14.0. The van der Waals surface area contributed by atoms with Crippen molar-refractivity contribution in [1.82, 2.24) is 4.90 Å². The topological polar surface area (TPSA) is 52.7 Å². The smallest absolute Gasteiger partial charge is 0.255 e. The van der Waals surface area contributed by atoms with Crippen molar-refractivity contribution >= 4 is 34.8 Å². The molecule has 0 radical (unpaired) electrons. The zero-order valence-corrected chi connectivity index (χ0v) is 14.8. The van der Waals surface area contributed by atoms with Crippen molar-refractivity contribution in [3.05, 3.63) is 59.1 Å². The van der Waals surface area contributed by atoms with Crippen molar-refractivity contribution < 1.29 is 9.59 Å². The van der Waals surface area contributed by atoms with Crippen LogP contribution in [0, 0.1) is 0 Å². The standard InChI is InChI=1S/C19H20ClN3O2/c1-14(24)22-9-11-23(12-10-22)18-8-7-16(13-17(18)20)21-19(25)15-5-3-2-4-6-15/h2-8,13H,9-12H2,1H3,(H,21,25). The van der Waals surface area contributed by atoms with E-state index in [1.807, 2.05) is 35.2 Å². The number of hydrogen-bond acceptors (Lipinski definition) is 3. The molecule has 0 atom stereocenters. The van der Waals surface area contributed by atoms with E-state index in [0.717, 1.165) is 18.8 Å². The lowest BCUT2D eigenvalue weighted by molar-refractivity contribution is -0.129. The summed E-state index contributed by atoms with van der Waals surface area (Å²) in [5, 5.41) is 3.44. The molecule has 25 heavy (non-hydrogen) atoms. The van der Waals surface area contributed by atoms with E-state index in [0.29, 0.717) is 29.4 Å². The molecule has 1 heterocycles.